The van der Waals surface area contributed by atoms with Gasteiger partial charge in [-0.05, 0) is 31.1 Å². The molecule has 0 saturated carbocycles. The molecule has 13 heavy (non-hydrogen) atoms. The third-order valence-electron chi connectivity index (χ3n) is 2.57. The Morgan fingerprint density at radius 3 is 3.00 bits per heavy atom. The van der Waals surface area contributed by atoms with E-state index in [2.05, 4.69) is 13.5 Å². The number of aliphatic carboxylic acids is 1. The summed E-state index contributed by atoms with van der Waals surface area (Å²) >= 11 is 0. The number of rotatable bonds is 3. The molecule has 0 fully saturated rings. The van der Waals surface area contributed by atoms with Crippen LogP contribution in [0.5, 0.6) is 0 Å². The van der Waals surface area contributed by atoms with Crippen molar-refractivity contribution in [3.8, 4) is 0 Å². The molecule has 0 heterocycles. The van der Waals surface area contributed by atoms with Crippen LogP contribution in [0.2, 0.25) is 0 Å². The zero-order valence-corrected chi connectivity index (χ0v) is 7.99. The molecule has 0 saturated heterocycles. The van der Waals surface area contributed by atoms with Gasteiger partial charge in [-0.2, -0.15) is 0 Å². The van der Waals surface area contributed by atoms with Crippen molar-refractivity contribution in [3.05, 3.63) is 24.3 Å². The van der Waals surface area contributed by atoms with E-state index in [9.17, 15) is 4.79 Å². The van der Waals surface area contributed by atoms with Crippen molar-refractivity contribution in [2.75, 3.05) is 0 Å². The van der Waals surface area contributed by atoms with Crippen LogP contribution in [0.25, 0.3) is 0 Å². The minimum Gasteiger partial charge on any atom is -0.478 e. The topological polar surface area (TPSA) is 37.3 Å². The molecule has 0 aromatic carbocycles. The molecule has 1 aliphatic rings. The highest BCUT2D eigenvalue weighted by Crippen LogP contribution is 2.30. The quantitative estimate of drug-likeness (QED) is 0.678. The highest BCUT2D eigenvalue weighted by atomic mass is 16.4. The molecular weight excluding hydrogens is 164 g/mol. The molecule has 0 amide bonds. The summed E-state index contributed by atoms with van der Waals surface area (Å²) in [7, 11) is 0. The predicted molar refractivity (Wildman–Crippen MR) is 52.4 cm³/mol. The molecule has 0 aliphatic heterocycles. The second kappa shape index (κ2) is 4.26. The van der Waals surface area contributed by atoms with Gasteiger partial charge in [-0.3, -0.25) is 0 Å². The largest absolute Gasteiger partial charge is 0.478 e. The van der Waals surface area contributed by atoms with Crippen LogP contribution in [0.3, 0.4) is 0 Å². The van der Waals surface area contributed by atoms with Crippen molar-refractivity contribution < 1.29 is 9.90 Å². The van der Waals surface area contributed by atoms with E-state index in [1.807, 2.05) is 6.08 Å². The molecule has 72 valence electrons. The van der Waals surface area contributed by atoms with Crippen molar-refractivity contribution in [3.63, 3.8) is 0 Å². The summed E-state index contributed by atoms with van der Waals surface area (Å²) in [4.78, 5) is 10.9. The van der Waals surface area contributed by atoms with Gasteiger partial charge >= 0.3 is 5.97 Å². The van der Waals surface area contributed by atoms with E-state index < -0.39 is 5.97 Å². The van der Waals surface area contributed by atoms with Crippen molar-refractivity contribution in [1.29, 1.82) is 0 Å². The lowest BCUT2D eigenvalue weighted by Gasteiger charge is -2.23. The number of carboxylic acids is 1. The summed E-state index contributed by atoms with van der Waals surface area (Å²) in [6, 6.07) is 0. The average molecular weight is 180 g/mol. The number of hydrogen-bond acceptors (Lipinski definition) is 1. The van der Waals surface area contributed by atoms with Gasteiger partial charge in [-0.1, -0.05) is 19.1 Å². The van der Waals surface area contributed by atoms with E-state index in [-0.39, 0.29) is 5.92 Å². The molecule has 0 radical (unpaired) electrons. The number of carboxylic acid groups (broad SMARTS) is 1. The molecule has 2 heteroatoms. The molecule has 0 spiro atoms. The molecule has 1 N–H and O–H groups in total. The van der Waals surface area contributed by atoms with Gasteiger partial charge in [-0.25, -0.2) is 4.79 Å². The normalized spacial score (nSPS) is 27.9. The second-order valence-electron chi connectivity index (χ2n) is 3.70. The first kappa shape index (κ1) is 10.0. The predicted octanol–water partition coefficient (Wildman–Crippen LogP) is 2.62. The summed E-state index contributed by atoms with van der Waals surface area (Å²) in [5, 5.41) is 8.95. The molecule has 1 aliphatic carbocycles. The Morgan fingerprint density at radius 2 is 2.46 bits per heavy atom. The minimum absolute atomic E-state index is 0.186. The Labute approximate surface area is 79.0 Å². The zero-order valence-electron chi connectivity index (χ0n) is 7.99. The van der Waals surface area contributed by atoms with Crippen LogP contribution in [0.15, 0.2) is 24.3 Å². The fraction of sp³-hybridized carbons (Fsp3) is 0.545. The van der Waals surface area contributed by atoms with Crippen molar-refractivity contribution in [2.45, 2.75) is 26.2 Å². The first-order chi connectivity index (χ1) is 6.15. The summed E-state index contributed by atoms with van der Waals surface area (Å²) in [5.74, 6) is -0.170. The van der Waals surface area contributed by atoms with Gasteiger partial charge in [-0.15, -0.1) is 6.58 Å². The highest BCUT2D eigenvalue weighted by molar-refractivity contribution is 5.87. The lowest BCUT2D eigenvalue weighted by Crippen LogP contribution is -2.18. The zero-order chi connectivity index (χ0) is 9.84. The Morgan fingerprint density at radius 1 is 1.77 bits per heavy atom. The summed E-state index contributed by atoms with van der Waals surface area (Å²) in [5.41, 5.74) is 0.582. The van der Waals surface area contributed by atoms with Gasteiger partial charge in [0, 0.05) is 5.57 Å². The van der Waals surface area contributed by atoms with E-state index in [0.717, 1.165) is 19.3 Å². The molecule has 2 atom stereocenters. The maximum absolute atomic E-state index is 10.9. The smallest absolute Gasteiger partial charge is 0.331 e. The molecule has 2 unspecified atom stereocenters. The monoisotopic (exact) mass is 180 g/mol. The van der Waals surface area contributed by atoms with Gasteiger partial charge in [0.2, 0.25) is 0 Å². The number of allylic oxidation sites excluding steroid dienone is 2. The highest BCUT2D eigenvalue weighted by Gasteiger charge is 2.24. The Balaban J connectivity index is 2.79. The van der Waals surface area contributed by atoms with Gasteiger partial charge in [0.05, 0.1) is 0 Å². The van der Waals surface area contributed by atoms with Gasteiger partial charge < -0.3 is 5.11 Å². The Kier molecular flexibility index (Phi) is 3.29. The SMILES string of the molecule is C=CCC1CCC(C)C=C1C(=O)O. The second-order valence-corrected chi connectivity index (χ2v) is 3.70. The van der Waals surface area contributed by atoms with Crippen molar-refractivity contribution in [1.82, 2.24) is 0 Å². The first-order valence-electron chi connectivity index (χ1n) is 4.71. The maximum atomic E-state index is 10.9. The van der Waals surface area contributed by atoms with Gasteiger partial charge in [0.25, 0.3) is 0 Å². The standard InChI is InChI=1S/C11H16O2/c1-3-4-9-6-5-8(2)7-10(9)11(12)13/h3,7-9H,1,4-6H2,2H3,(H,12,13). The molecule has 0 aromatic heterocycles. The van der Waals surface area contributed by atoms with Crippen LogP contribution in [-0.4, -0.2) is 11.1 Å². The third kappa shape index (κ3) is 2.44. The lowest BCUT2D eigenvalue weighted by atomic mass is 9.81. The third-order valence-corrected chi connectivity index (χ3v) is 2.57. The molecule has 2 nitrogen and oxygen atoms in total. The number of hydrogen-bond donors (Lipinski definition) is 1. The van der Waals surface area contributed by atoms with E-state index in [0.29, 0.717) is 11.5 Å². The van der Waals surface area contributed by atoms with Crippen LogP contribution in [0.1, 0.15) is 26.2 Å². The number of carbonyl (C=O) groups is 1. The summed E-state index contributed by atoms with van der Waals surface area (Å²) in [6.45, 7) is 5.71. The fourth-order valence-corrected chi connectivity index (χ4v) is 1.84. The molecular formula is C11H16O2. The first-order valence-corrected chi connectivity index (χ1v) is 4.71. The Hall–Kier alpha value is -1.05. The summed E-state index contributed by atoms with van der Waals surface area (Å²) < 4.78 is 0. The van der Waals surface area contributed by atoms with Gasteiger partial charge in [0.15, 0.2) is 0 Å². The van der Waals surface area contributed by atoms with Crippen LogP contribution in [0, 0.1) is 11.8 Å². The van der Waals surface area contributed by atoms with Crippen molar-refractivity contribution in [2.24, 2.45) is 11.8 Å². The maximum Gasteiger partial charge on any atom is 0.331 e. The van der Waals surface area contributed by atoms with E-state index in [1.165, 1.54) is 0 Å². The molecule has 0 bridgehead atoms. The van der Waals surface area contributed by atoms with Crippen LogP contribution in [-0.2, 0) is 4.79 Å². The van der Waals surface area contributed by atoms with Crippen LogP contribution in [0.4, 0.5) is 0 Å². The molecule has 0 aromatic rings. The Bertz CT molecular complexity index is 240. The lowest BCUT2D eigenvalue weighted by molar-refractivity contribution is -0.133. The van der Waals surface area contributed by atoms with E-state index in [1.54, 1.807) is 6.08 Å². The van der Waals surface area contributed by atoms with Crippen molar-refractivity contribution >= 4 is 5.97 Å². The van der Waals surface area contributed by atoms with E-state index in [4.69, 9.17) is 5.11 Å². The fourth-order valence-electron chi connectivity index (χ4n) is 1.84. The van der Waals surface area contributed by atoms with Crippen LogP contribution >= 0.6 is 0 Å². The summed E-state index contributed by atoms with van der Waals surface area (Å²) in [6.07, 6.45) is 6.54. The van der Waals surface area contributed by atoms with Crippen LogP contribution < -0.4 is 0 Å². The van der Waals surface area contributed by atoms with E-state index >= 15 is 0 Å². The minimum atomic E-state index is -0.765. The average Bonchev–Trinajstić information content (AvgIpc) is 2.08. The molecule has 1 rings (SSSR count). The van der Waals surface area contributed by atoms with Gasteiger partial charge in [0.1, 0.15) is 0 Å².